The number of nitrogens with zero attached hydrogens (tertiary/aromatic N) is 4. The second-order valence-corrected chi connectivity index (χ2v) is 9.03. The van der Waals surface area contributed by atoms with Crippen LogP contribution in [0.2, 0.25) is 0 Å². The Morgan fingerprint density at radius 1 is 0.972 bits per heavy atom. The SMILES string of the molecule is CN(C)Cc1ccc(NC(=O)C2=C(N)CNc3ccc(-c4cncc(NC(=O)N(C)C)c4)cc32)cn1. The summed E-state index contributed by atoms with van der Waals surface area (Å²) in [6.07, 6.45) is 4.93. The van der Waals surface area contributed by atoms with Crippen molar-refractivity contribution in [2.75, 3.05) is 50.7 Å². The first kappa shape index (κ1) is 24.7. The molecule has 0 atom stereocenters. The molecule has 2 aromatic heterocycles. The molecule has 0 saturated carbocycles. The number of amides is 3. The maximum absolute atomic E-state index is 13.3. The first-order valence-corrected chi connectivity index (χ1v) is 11.4. The van der Waals surface area contributed by atoms with Gasteiger partial charge >= 0.3 is 6.03 Å². The van der Waals surface area contributed by atoms with Crippen molar-refractivity contribution in [2.45, 2.75) is 6.54 Å². The minimum atomic E-state index is -0.306. The van der Waals surface area contributed by atoms with E-state index in [4.69, 9.17) is 5.73 Å². The van der Waals surface area contributed by atoms with Crippen LogP contribution in [0, 0.1) is 0 Å². The molecule has 0 unspecified atom stereocenters. The molecule has 3 heterocycles. The van der Waals surface area contributed by atoms with E-state index in [1.54, 1.807) is 32.7 Å². The fourth-order valence-electron chi connectivity index (χ4n) is 3.82. The Hall–Kier alpha value is -4.44. The van der Waals surface area contributed by atoms with Crippen LogP contribution in [0.15, 0.2) is 60.7 Å². The summed E-state index contributed by atoms with van der Waals surface area (Å²) < 4.78 is 0. The average Bonchev–Trinajstić information content (AvgIpc) is 2.84. The summed E-state index contributed by atoms with van der Waals surface area (Å²) >= 11 is 0. The lowest BCUT2D eigenvalue weighted by Gasteiger charge is -2.23. The molecule has 0 saturated heterocycles. The van der Waals surface area contributed by atoms with Gasteiger partial charge in [0.05, 0.1) is 41.6 Å². The lowest BCUT2D eigenvalue weighted by atomic mass is 9.93. The van der Waals surface area contributed by atoms with E-state index in [0.29, 0.717) is 41.3 Å². The largest absolute Gasteiger partial charge is 0.400 e. The number of hydrogen-bond acceptors (Lipinski definition) is 7. The van der Waals surface area contributed by atoms with Crippen LogP contribution in [0.4, 0.5) is 21.9 Å². The summed E-state index contributed by atoms with van der Waals surface area (Å²) in [6, 6.07) is 11.0. The zero-order valence-electron chi connectivity index (χ0n) is 20.8. The Morgan fingerprint density at radius 3 is 2.47 bits per heavy atom. The van der Waals surface area contributed by atoms with Gasteiger partial charge in [-0.3, -0.25) is 14.8 Å². The van der Waals surface area contributed by atoms with E-state index in [-0.39, 0.29) is 11.9 Å². The van der Waals surface area contributed by atoms with E-state index >= 15 is 0 Å². The number of urea groups is 1. The number of aromatic nitrogens is 2. The number of rotatable bonds is 6. The lowest BCUT2D eigenvalue weighted by Crippen LogP contribution is -2.27. The highest BCUT2D eigenvalue weighted by Gasteiger charge is 2.24. The third-order valence-electron chi connectivity index (χ3n) is 5.60. The molecule has 0 fully saturated rings. The fraction of sp³-hybridized carbons (Fsp3) is 0.231. The number of carbonyl (C=O) groups is 2. The number of fused-ring (bicyclic) bond motifs is 1. The molecule has 0 spiro atoms. The monoisotopic (exact) mass is 486 g/mol. The normalized spacial score (nSPS) is 12.6. The Kier molecular flexibility index (Phi) is 7.16. The molecule has 5 N–H and O–H groups in total. The maximum atomic E-state index is 13.3. The second-order valence-electron chi connectivity index (χ2n) is 9.03. The Morgan fingerprint density at radius 2 is 1.78 bits per heavy atom. The minimum absolute atomic E-state index is 0.248. The summed E-state index contributed by atoms with van der Waals surface area (Å²) in [5.41, 5.74) is 12.3. The number of hydrogen-bond donors (Lipinski definition) is 4. The van der Waals surface area contributed by atoms with Crippen molar-refractivity contribution in [3.8, 4) is 11.1 Å². The van der Waals surface area contributed by atoms with E-state index in [1.807, 2.05) is 55.4 Å². The van der Waals surface area contributed by atoms with Gasteiger partial charge in [-0.25, -0.2) is 4.79 Å². The summed E-state index contributed by atoms with van der Waals surface area (Å²) in [7, 11) is 7.28. The number of pyridine rings is 2. The molecule has 36 heavy (non-hydrogen) atoms. The molecule has 3 amide bonds. The molecule has 0 radical (unpaired) electrons. The standard InChI is InChI=1S/C26H30N8O2/c1-33(2)15-19-7-6-18(13-29-19)31-25(35)24-21-10-16(5-8-23(21)30-14-22(24)27)17-9-20(12-28-11-17)32-26(36)34(3)4/h5-13,30H,14-15,27H2,1-4H3,(H,31,35)(H,32,36). The molecule has 3 aromatic rings. The topological polar surface area (TPSA) is 129 Å². The molecule has 4 rings (SSSR count). The first-order chi connectivity index (χ1) is 17.2. The van der Waals surface area contributed by atoms with Gasteiger partial charge in [0, 0.05) is 49.3 Å². The van der Waals surface area contributed by atoms with Crippen LogP contribution in [0.5, 0.6) is 0 Å². The molecular weight excluding hydrogens is 456 g/mol. The summed E-state index contributed by atoms with van der Waals surface area (Å²) in [5, 5.41) is 8.98. The number of anilines is 3. The van der Waals surface area contributed by atoms with Gasteiger partial charge in [0.25, 0.3) is 5.91 Å². The van der Waals surface area contributed by atoms with Crippen LogP contribution < -0.4 is 21.7 Å². The molecule has 1 aliphatic heterocycles. The van der Waals surface area contributed by atoms with Gasteiger partial charge in [0.2, 0.25) is 0 Å². The number of carbonyl (C=O) groups excluding carboxylic acids is 2. The Bertz CT molecular complexity index is 1320. The molecular formula is C26H30N8O2. The van der Waals surface area contributed by atoms with E-state index in [9.17, 15) is 9.59 Å². The van der Waals surface area contributed by atoms with Crippen molar-refractivity contribution < 1.29 is 9.59 Å². The molecule has 1 aliphatic rings. The van der Waals surface area contributed by atoms with Gasteiger partial charge in [-0.05, 0) is 50.0 Å². The maximum Gasteiger partial charge on any atom is 0.321 e. The van der Waals surface area contributed by atoms with Crippen LogP contribution in [0.1, 0.15) is 11.3 Å². The van der Waals surface area contributed by atoms with Crippen molar-refractivity contribution in [1.82, 2.24) is 19.8 Å². The summed E-state index contributed by atoms with van der Waals surface area (Å²) in [5.74, 6) is -0.306. The average molecular weight is 487 g/mol. The molecule has 186 valence electrons. The predicted octanol–water partition coefficient (Wildman–Crippen LogP) is 3.03. The van der Waals surface area contributed by atoms with E-state index < -0.39 is 0 Å². The Balaban J connectivity index is 1.60. The number of nitrogens with two attached hydrogens (primary N) is 1. The molecule has 0 bridgehead atoms. The molecule has 0 aliphatic carbocycles. The van der Waals surface area contributed by atoms with E-state index in [1.165, 1.54) is 4.90 Å². The third-order valence-corrected chi connectivity index (χ3v) is 5.60. The highest BCUT2D eigenvalue weighted by Crippen LogP contribution is 2.34. The first-order valence-electron chi connectivity index (χ1n) is 11.4. The van der Waals surface area contributed by atoms with Crippen molar-refractivity contribution in [2.24, 2.45) is 5.73 Å². The van der Waals surface area contributed by atoms with Gasteiger partial charge in [0.1, 0.15) is 0 Å². The highest BCUT2D eigenvalue weighted by atomic mass is 16.2. The van der Waals surface area contributed by atoms with Crippen molar-refractivity contribution in [3.05, 3.63) is 71.9 Å². The predicted molar refractivity (Wildman–Crippen MR) is 142 cm³/mol. The third kappa shape index (κ3) is 5.61. The van der Waals surface area contributed by atoms with Crippen LogP contribution in [-0.4, -0.2) is 66.4 Å². The molecule has 10 heteroatoms. The van der Waals surface area contributed by atoms with Gasteiger partial charge < -0.3 is 31.5 Å². The Labute approximate surface area is 210 Å². The smallest absolute Gasteiger partial charge is 0.321 e. The van der Waals surface area contributed by atoms with Crippen molar-refractivity contribution in [1.29, 1.82) is 0 Å². The zero-order valence-corrected chi connectivity index (χ0v) is 20.8. The number of benzene rings is 1. The summed E-state index contributed by atoms with van der Waals surface area (Å²) in [6.45, 7) is 1.08. The van der Waals surface area contributed by atoms with Crippen molar-refractivity contribution >= 4 is 34.6 Å². The summed E-state index contributed by atoms with van der Waals surface area (Å²) in [4.78, 5) is 37.5. The van der Waals surface area contributed by atoms with E-state index in [2.05, 4.69) is 25.9 Å². The highest BCUT2D eigenvalue weighted by molar-refractivity contribution is 6.27. The van der Waals surface area contributed by atoms with Crippen LogP contribution in [0.25, 0.3) is 16.7 Å². The lowest BCUT2D eigenvalue weighted by molar-refractivity contribution is -0.111. The minimum Gasteiger partial charge on any atom is -0.400 e. The molecule has 10 nitrogen and oxygen atoms in total. The van der Waals surface area contributed by atoms with E-state index in [0.717, 1.165) is 22.5 Å². The van der Waals surface area contributed by atoms with Crippen molar-refractivity contribution in [3.63, 3.8) is 0 Å². The second kappa shape index (κ2) is 10.4. The van der Waals surface area contributed by atoms with Crippen LogP contribution >= 0.6 is 0 Å². The van der Waals surface area contributed by atoms with Crippen LogP contribution in [0.3, 0.4) is 0 Å². The quantitative estimate of drug-likeness (QED) is 0.422. The van der Waals surface area contributed by atoms with Gasteiger partial charge in [-0.15, -0.1) is 0 Å². The van der Waals surface area contributed by atoms with Gasteiger partial charge in [-0.1, -0.05) is 6.07 Å². The molecule has 1 aromatic carbocycles. The van der Waals surface area contributed by atoms with Gasteiger partial charge in [0.15, 0.2) is 0 Å². The zero-order chi connectivity index (χ0) is 25.8. The number of nitrogens with one attached hydrogen (secondary N) is 3. The fourth-order valence-corrected chi connectivity index (χ4v) is 3.82. The van der Waals surface area contributed by atoms with Crippen LogP contribution in [-0.2, 0) is 11.3 Å². The van der Waals surface area contributed by atoms with Gasteiger partial charge in [-0.2, -0.15) is 0 Å².